The number of alkyl halides is 3. The summed E-state index contributed by atoms with van der Waals surface area (Å²) < 4.78 is 41.6. The number of aromatic nitrogens is 5. The van der Waals surface area contributed by atoms with E-state index in [2.05, 4.69) is 30.5 Å². The summed E-state index contributed by atoms with van der Waals surface area (Å²) in [5.74, 6) is -2.38. The van der Waals surface area contributed by atoms with Crippen molar-refractivity contribution in [1.29, 1.82) is 0 Å². The standard InChI is InChI=1S/C18H20F3N7/c19-7-12-1-2-15(22-8-12)18(20,21)10-28-5-3-13(4-6-28)26-16-14-9-25-27-17(14)24-11-23-16/h1-2,8-9,11,13H,3-7,10H2,(H2,23,24,25,26,27). The van der Waals surface area contributed by atoms with Crippen molar-refractivity contribution in [1.82, 2.24) is 30.0 Å². The number of aromatic amines is 1. The number of hydrogen-bond donors (Lipinski definition) is 2. The third kappa shape index (κ3) is 3.91. The lowest BCUT2D eigenvalue weighted by Crippen LogP contribution is -2.44. The minimum atomic E-state index is -3.08. The van der Waals surface area contributed by atoms with Gasteiger partial charge in [-0.3, -0.25) is 15.0 Å². The fraction of sp³-hybridized carbons (Fsp3) is 0.444. The van der Waals surface area contributed by atoms with Crippen molar-refractivity contribution in [2.45, 2.75) is 31.5 Å². The number of rotatable bonds is 6. The molecule has 0 aliphatic carbocycles. The Kier molecular flexibility index (Phi) is 5.12. The topological polar surface area (TPSA) is 82.6 Å². The molecule has 7 nitrogen and oxygen atoms in total. The van der Waals surface area contributed by atoms with Gasteiger partial charge in [0.1, 0.15) is 24.5 Å². The van der Waals surface area contributed by atoms with E-state index >= 15 is 0 Å². The van der Waals surface area contributed by atoms with Gasteiger partial charge in [-0.1, -0.05) is 6.07 Å². The summed E-state index contributed by atoms with van der Waals surface area (Å²) in [5.41, 5.74) is 0.622. The second-order valence-corrected chi connectivity index (χ2v) is 6.94. The van der Waals surface area contributed by atoms with Gasteiger partial charge in [-0.15, -0.1) is 0 Å². The molecule has 4 rings (SSSR count). The van der Waals surface area contributed by atoms with Crippen LogP contribution in [-0.4, -0.2) is 55.7 Å². The third-order valence-corrected chi connectivity index (χ3v) is 4.95. The molecule has 0 radical (unpaired) electrons. The van der Waals surface area contributed by atoms with Crippen molar-refractivity contribution in [2.75, 3.05) is 25.0 Å². The van der Waals surface area contributed by atoms with Crippen molar-refractivity contribution in [2.24, 2.45) is 0 Å². The van der Waals surface area contributed by atoms with Crippen LogP contribution in [-0.2, 0) is 12.6 Å². The van der Waals surface area contributed by atoms with E-state index in [1.165, 1.54) is 18.5 Å². The van der Waals surface area contributed by atoms with Gasteiger partial charge < -0.3 is 5.32 Å². The fourth-order valence-electron chi connectivity index (χ4n) is 3.39. The van der Waals surface area contributed by atoms with E-state index < -0.39 is 19.1 Å². The first-order chi connectivity index (χ1) is 13.5. The second kappa shape index (κ2) is 7.70. The van der Waals surface area contributed by atoms with Gasteiger partial charge in [0.2, 0.25) is 0 Å². The molecular formula is C18H20F3N7. The maximum Gasteiger partial charge on any atom is 0.302 e. The first-order valence-corrected chi connectivity index (χ1v) is 9.07. The van der Waals surface area contributed by atoms with Gasteiger partial charge in [0.25, 0.3) is 0 Å². The molecule has 2 N–H and O–H groups in total. The summed E-state index contributed by atoms with van der Waals surface area (Å²) in [6.45, 7) is -0.0388. The molecule has 0 saturated carbocycles. The Labute approximate surface area is 159 Å². The van der Waals surface area contributed by atoms with Crippen LogP contribution in [0, 0.1) is 0 Å². The number of fused-ring (bicyclic) bond motifs is 1. The predicted molar refractivity (Wildman–Crippen MR) is 97.7 cm³/mol. The van der Waals surface area contributed by atoms with Gasteiger partial charge >= 0.3 is 5.92 Å². The van der Waals surface area contributed by atoms with Crippen molar-refractivity contribution >= 4 is 16.9 Å². The lowest BCUT2D eigenvalue weighted by molar-refractivity contribution is -0.0457. The minimum absolute atomic E-state index is 0.139. The Bertz CT molecular complexity index is 920. The zero-order chi connectivity index (χ0) is 19.6. The molecule has 0 atom stereocenters. The van der Waals surface area contributed by atoms with Gasteiger partial charge in [0, 0.05) is 30.9 Å². The molecule has 0 amide bonds. The van der Waals surface area contributed by atoms with Crippen molar-refractivity contribution in [3.8, 4) is 0 Å². The number of likely N-dealkylation sites (tertiary alicyclic amines) is 1. The quantitative estimate of drug-likeness (QED) is 0.672. The summed E-state index contributed by atoms with van der Waals surface area (Å²) >= 11 is 0. The molecule has 4 heterocycles. The number of piperidine rings is 1. The van der Waals surface area contributed by atoms with Crippen LogP contribution < -0.4 is 5.32 Å². The van der Waals surface area contributed by atoms with Crippen LogP contribution >= 0.6 is 0 Å². The summed E-state index contributed by atoms with van der Waals surface area (Å²) in [6.07, 6.45) is 5.72. The highest BCUT2D eigenvalue weighted by Crippen LogP contribution is 2.29. The van der Waals surface area contributed by atoms with Gasteiger partial charge in [0.15, 0.2) is 5.65 Å². The number of anilines is 1. The minimum Gasteiger partial charge on any atom is -0.367 e. The Hall–Kier alpha value is -2.75. The summed E-state index contributed by atoms with van der Waals surface area (Å²) in [7, 11) is 0. The predicted octanol–water partition coefficient (Wildman–Crippen LogP) is 2.89. The van der Waals surface area contributed by atoms with Crippen LogP contribution in [0.4, 0.5) is 19.0 Å². The highest BCUT2D eigenvalue weighted by atomic mass is 19.3. The maximum absolute atomic E-state index is 14.5. The molecule has 0 spiro atoms. The maximum atomic E-state index is 14.5. The van der Waals surface area contributed by atoms with Crippen molar-refractivity contribution < 1.29 is 13.2 Å². The van der Waals surface area contributed by atoms with E-state index in [0.717, 1.165) is 11.6 Å². The van der Waals surface area contributed by atoms with E-state index in [1.807, 2.05) is 0 Å². The normalized spacial score (nSPS) is 16.5. The van der Waals surface area contributed by atoms with Crippen LogP contribution in [0.15, 0.2) is 30.9 Å². The average molecular weight is 391 g/mol. The van der Waals surface area contributed by atoms with Gasteiger partial charge in [-0.05, 0) is 18.9 Å². The van der Waals surface area contributed by atoms with Gasteiger partial charge in [0.05, 0.1) is 18.1 Å². The molecule has 0 unspecified atom stereocenters. The van der Waals surface area contributed by atoms with E-state index in [9.17, 15) is 13.2 Å². The highest BCUT2D eigenvalue weighted by Gasteiger charge is 2.36. The monoisotopic (exact) mass is 391 g/mol. The molecule has 1 fully saturated rings. The highest BCUT2D eigenvalue weighted by molar-refractivity contribution is 5.85. The molecule has 10 heteroatoms. The largest absolute Gasteiger partial charge is 0.367 e. The Morgan fingerprint density at radius 2 is 1.96 bits per heavy atom. The smallest absolute Gasteiger partial charge is 0.302 e. The first kappa shape index (κ1) is 18.6. The van der Waals surface area contributed by atoms with Crippen molar-refractivity contribution in [3.63, 3.8) is 0 Å². The third-order valence-electron chi connectivity index (χ3n) is 4.95. The Morgan fingerprint density at radius 3 is 2.68 bits per heavy atom. The first-order valence-electron chi connectivity index (χ1n) is 9.07. The number of nitrogens with one attached hydrogen (secondary N) is 2. The van der Waals surface area contributed by atoms with Gasteiger partial charge in [-0.25, -0.2) is 14.4 Å². The molecule has 3 aromatic heterocycles. The van der Waals surface area contributed by atoms with Crippen LogP contribution in [0.1, 0.15) is 24.1 Å². The molecule has 1 aliphatic heterocycles. The number of H-pyrrole nitrogens is 1. The zero-order valence-corrected chi connectivity index (χ0v) is 15.1. The van der Waals surface area contributed by atoms with E-state index in [4.69, 9.17) is 0 Å². The lowest BCUT2D eigenvalue weighted by Gasteiger charge is -2.34. The van der Waals surface area contributed by atoms with Crippen LogP contribution in [0.2, 0.25) is 0 Å². The van der Waals surface area contributed by atoms with E-state index in [0.29, 0.717) is 43.0 Å². The summed E-state index contributed by atoms with van der Waals surface area (Å²) in [6, 6.07) is 2.69. The zero-order valence-electron chi connectivity index (χ0n) is 15.1. The van der Waals surface area contributed by atoms with E-state index in [1.54, 1.807) is 11.1 Å². The molecule has 0 aromatic carbocycles. The molecule has 3 aromatic rings. The number of hydrogen-bond acceptors (Lipinski definition) is 6. The molecular weight excluding hydrogens is 371 g/mol. The summed E-state index contributed by atoms with van der Waals surface area (Å²) in [5, 5.41) is 10.9. The fourth-order valence-corrected chi connectivity index (χ4v) is 3.39. The lowest BCUT2D eigenvalue weighted by atomic mass is 10.0. The second-order valence-electron chi connectivity index (χ2n) is 6.94. The van der Waals surface area contributed by atoms with Gasteiger partial charge in [-0.2, -0.15) is 13.9 Å². The number of pyridine rings is 1. The van der Waals surface area contributed by atoms with Crippen LogP contribution in [0.5, 0.6) is 0 Å². The van der Waals surface area contributed by atoms with Crippen LogP contribution in [0.3, 0.4) is 0 Å². The summed E-state index contributed by atoms with van der Waals surface area (Å²) in [4.78, 5) is 13.8. The number of nitrogens with zero attached hydrogens (tertiary/aromatic N) is 5. The molecule has 0 bridgehead atoms. The average Bonchev–Trinajstić information content (AvgIpc) is 3.19. The Morgan fingerprint density at radius 1 is 1.14 bits per heavy atom. The number of halogens is 3. The van der Waals surface area contributed by atoms with Crippen molar-refractivity contribution in [3.05, 3.63) is 42.1 Å². The molecule has 1 aliphatic rings. The van der Waals surface area contributed by atoms with Crippen LogP contribution in [0.25, 0.3) is 11.0 Å². The molecule has 28 heavy (non-hydrogen) atoms. The Balaban J connectivity index is 1.34. The van der Waals surface area contributed by atoms with E-state index in [-0.39, 0.29) is 11.7 Å². The molecule has 148 valence electrons. The molecule has 1 saturated heterocycles. The SMILES string of the molecule is FCc1ccc(C(F)(F)CN2CCC(Nc3ncnc4[nH]ncc34)CC2)nc1.